The molecule has 6 atom stereocenters. The smallest absolute Gasteiger partial charge is 0.323 e. The van der Waals surface area contributed by atoms with E-state index in [9.17, 15) is 9.90 Å². The molecule has 1 aliphatic heterocycles. The summed E-state index contributed by atoms with van der Waals surface area (Å²) in [5.74, 6) is 0.477. The van der Waals surface area contributed by atoms with E-state index in [1.54, 1.807) is 58.0 Å². The second kappa shape index (κ2) is 12.0. The number of carbonyl (C=O) groups excluding carboxylic acids is 1. The minimum absolute atomic E-state index is 0.232. The van der Waals surface area contributed by atoms with Gasteiger partial charge in [-0.15, -0.1) is 0 Å². The van der Waals surface area contributed by atoms with E-state index in [0.29, 0.717) is 17.1 Å². The summed E-state index contributed by atoms with van der Waals surface area (Å²) in [7, 11) is 1.45. The molecule has 12 nitrogen and oxygen atoms in total. The number of hydrogen-bond donors (Lipinski definition) is 2. The van der Waals surface area contributed by atoms with E-state index in [2.05, 4.69) is 20.0 Å². The van der Waals surface area contributed by atoms with Gasteiger partial charge < -0.3 is 28.4 Å². The molecule has 0 amide bonds. The highest BCUT2D eigenvalue weighted by atomic mass is 32.5. The number of methoxy groups -OCH3 is 1. The minimum atomic E-state index is -3.44. The van der Waals surface area contributed by atoms with Crippen molar-refractivity contribution in [3.05, 3.63) is 42.5 Å². The summed E-state index contributed by atoms with van der Waals surface area (Å²) in [5, 5.41) is 13.9. The van der Waals surface area contributed by atoms with E-state index >= 15 is 4.39 Å². The van der Waals surface area contributed by atoms with Crippen molar-refractivity contribution >= 4 is 35.6 Å². The highest BCUT2D eigenvalue weighted by Crippen LogP contribution is 2.48. The Morgan fingerprint density at radius 3 is 2.65 bits per heavy atom. The van der Waals surface area contributed by atoms with Crippen LogP contribution in [0.4, 0.5) is 4.39 Å². The van der Waals surface area contributed by atoms with Gasteiger partial charge in [-0.05, 0) is 58.6 Å². The fourth-order valence-corrected chi connectivity index (χ4v) is 6.58. The van der Waals surface area contributed by atoms with E-state index in [1.807, 2.05) is 0 Å². The van der Waals surface area contributed by atoms with Gasteiger partial charge in [0, 0.05) is 0 Å². The van der Waals surface area contributed by atoms with E-state index in [1.165, 1.54) is 24.9 Å². The van der Waals surface area contributed by atoms with Gasteiger partial charge in [0.1, 0.15) is 29.8 Å². The van der Waals surface area contributed by atoms with Gasteiger partial charge in [0.05, 0.1) is 26.1 Å². The monoisotopic (exact) mass is 597 g/mol. The number of alkyl halides is 1. The number of esters is 1. The average molecular weight is 598 g/mol. The Bertz CT molecular complexity index is 1390. The highest BCUT2D eigenvalue weighted by Gasteiger charge is 2.56. The number of ether oxygens (including phenoxy) is 3. The number of aliphatic hydroxyl groups is 1. The first kappa shape index (κ1) is 30.2. The molecule has 0 aliphatic carbocycles. The maximum absolute atomic E-state index is 16.0. The van der Waals surface area contributed by atoms with Crippen molar-refractivity contribution < 1.29 is 37.5 Å². The van der Waals surface area contributed by atoms with Crippen molar-refractivity contribution in [3.8, 4) is 11.6 Å². The van der Waals surface area contributed by atoms with E-state index < -0.39 is 42.8 Å². The van der Waals surface area contributed by atoms with Crippen molar-refractivity contribution in [2.75, 3.05) is 13.7 Å². The molecule has 1 aromatic carbocycles. The number of aryl methyl sites for hydroxylation is 1. The molecular formula is C25H33FN5O7PS. The molecule has 0 radical (unpaired) electrons. The summed E-state index contributed by atoms with van der Waals surface area (Å²) in [6.07, 6.45) is -3.04. The third-order valence-electron chi connectivity index (χ3n) is 6.10. The molecule has 0 spiro atoms. The van der Waals surface area contributed by atoms with Gasteiger partial charge in [0.25, 0.3) is 0 Å². The number of hydrogen-bond acceptors (Lipinski definition) is 11. The molecule has 218 valence electrons. The minimum Gasteiger partial charge on any atom is -0.479 e. The molecule has 1 saturated heterocycles. The molecule has 3 aromatic rings. The van der Waals surface area contributed by atoms with Crippen LogP contribution in [0.15, 0.2) is 36.7 Å². The number of benzene rings is 1. The van der Waals surface area contributed by atoms with Crippen LogP contribution < -0.4 is 14.3 Å². The molecule has 15 heteroatoms. The van der Waals surface area contributed by atoms with Gasteiger partial charge in [-0.2, -0.15) is 4.98 Å². The number of aromatic nitrogens is 4. The van der Waals surface area contributed by atoms with Crippen LogP contribution in [0.3, 0.4) is 0 Å². The lowest BCUT2D eigenvalue weighted by molar-refractivity contribution is -0.149. The zero-order valence-electron chi connectivity index (χ0n) is 23.0. The molecule has 0 bridgehead atoms. The van der Waals surface area contributed by atoms with Crippen LogP contribution in [0.1, 0.15) is 39.7 Å². The van der Waals surface area contributed by atoms with Crippen LogP contribution in [0.5, 0.6) is 11.6 Å². The molecule has 0 saturated carbocycles. The molecule has 3 heterocycles. The topological polar surface area (TPSA) is 139 Å². The van der Waals surface area contributed by atoms with Crippen molar-refractivity contribution in [2.24, 2.45) is 0 Å². The second-order valence-corrected chi connectivity index (χ2v) is 12.9. The van der Waals surface area contributed by atoms with Gasteiger partial charge in [0.2, 0.25) is 5.88 Å². The number of rotatable bonds is 11. The predicted molar refractivity (Wildman–Crippen MR) is 147 cm³/mol. The first-order valence-electron chi connectivity index (χ1n) is 12.6. The number of nitrogens with one attached hydrogen (secondary N) is 1. The number of aliphatic hydroxyl groups excluding tert-OH is 1. The van der Waals surface area contributed by atoms with Crippen LogP contribution in [-0.4, -0.2) is 74.3 Å². The second-order valence-electron chi connectivity index (χ2n) is 9.76. The van der Waals surface area contributed by atoms with Gasteiger partial charge in [-0.25, -0.2) is 19.4 Å². The number of imidazole rings is 1. The predicted octanol–water partition coefficient (Wildman–Crippen LogP) is 3.38. The van der Waals surface area contributed by atoms with Gasteiger partial charge in [0.15, 0.2) is 23.1 Å². The Labute approximate surface area is 236 Å². The van der Waals surface area contributed by atoms with Crippen LogP contribution >= 0.6 is 6.64 Å². The number of carbonyl (C=O) groups is 1. The number of para-hydroxylation sites is 1. The SMILES string of the molecule is COc1nc(C)nc2c1ncn2[C@@H]1O[C@H](COP(=S)(NC(C)C(=O)OC(C)C)Oc2ccccc2)C(O)C1(C)F. The first-order chi connectivity index (χ1) is 18.8. The zero-order valence-corrected chi connectivity index (χ0v) is 24.7. The summed E-state index contributed by atoms with van der Waals surface area (Å²) in [4.78, 5) is 25.3. The molecule has 4 rings (SSSR count). The summed E-state index contributed by atoms with van der Waals surface area (Å²) < 4.78 is 45.9. The van der Waals surface area contributed by atoms with E-state index in [-0.39, 0.29) is 24.2 Å². The Morgan fingerprint density at radius 2 is 2.00 bits per heavy atom. The van der Waals surface area contributed by atoms with Crippen LogP contribution in [0.25, 0.3) is 11.2 Å². The van der Waals surface area contributed by atoms with Crippen molar-refractivity contribution in [1.29, 1.82) is 0 Å². The largest absolute Gasteiger partial charge is 0.479 e. The fraction of sp³-hybridized carbons (Fsp3) is 0.520. The van der Waals surface area contributed by atoms with Crippen LogP contribution in [0, 0.1) is 6.92 Å². The molecule has 2 N–H and O–H groups in total. The highest BCUT2D eigenvalue weighted by molar-refractivity contribution is 8.09. The maximum atomic E-state index is 16.0. The van der Waals surface area contributed by atoms with Gasteiger partial charge in [-0.1, -0.05) is 18.2 Å². The first-order valence-corrected chi connectivity index (χ1v) is 15.2. The quantitative estimate of drug-likeness (QED) is 0.247. The zero-order chi connectivity index (χ0) is 29.2. The van der Waals surface area contributed by atoms with E-state index in [0.717, 1.165) is 0 Å². The average Bonchev–Trinajstić information content (AvgIpc) is 3.40. The summed E-state index contributed by atoms with van der Waals surface area (Å²) >= 11 is 5.71. The Hall–Kier alpha value is -2.74. The lowest BCUT2D eigenvalue weighted by Crippen LogP contribution is -2.41. The lowest BCUT2D eigenvalue weighted by Gasteiger charge is -2.28. The standard InChI is InChI=1S/C25H33FN5O7PS/c1-14(2)36-23(33)15(3)30-39(40,38-17-10-8-7-9-11-17)35-12-18-20(32)25(5,26)24(37-18)31-13-27-19-21(31)28-16(4)29-22(19)34-6/h7-11,13-15,18,20,24,32H,12H2,1-6H3,(H,30,40)/t15?,18-,20?,24-,25?,39?/m1/s1. The number of nitrogens with zero attached hydrogens (tertiary/aromatic N) is 4. The molecule has 40 heavy (non-hydrogen) atoms. The number of halogens is 1. The molecule has 2 aromatic heterocycles. The Morgan fingerprint density at radius 1 is 1.30 bits per heavy atom. The Kier molecular flexibility index (Phi) is 9.08. The van der Waals surface area contributed by atoms with Crippen LogP contribution in [-0.2, 0) is 30.6 Å². The molecule has 1 fully saturated rings. The van der Waals surface area contributed by atoms with Crippen LogP contribution in [0.2, 0.25) is 0 Å². The summed E-state index contributed by atoms with van der Waals surface area (Å²) in [6, 6.07) is 7.80. The summed E-state index contributed by atoms with van der Waals surface area (Å²) in [6.45, 7) is 4.14. The number of fused-ring (bicyclic) bond motifs is 1. The molecule has 4 unspecified atom stereocenters. The third kappa shape index (κ3) is 6.42. The van der Waals surface area contributed by atoms with Crippen molar-refractivity contribution in [2.45, 2.75) is 70.9 Å². The third-order valence-corrected chi connectivity index (χ3v) is 8.60. The normalized spacial score (nSPS) is 25.1. The van der Waals surface area contributed by atoms with E-state index in [4.69, 9.17) is 35.1 Å². The molecule has 1 aliphatic rings. The van der Waals surface area contributed by atoms with Crippen molar-refractivity contribution in [1.82, 2.24) is 24.6 Å². The molecular weight excluding hydrogens is 564 g/mol. The lowest BCUT2D eigenvalue weighted by atomic mass is 9.98. The fourth-order valence-electron chi connectivity index (χ4n) is 4.16. The Balaban J connectivity index is 1.56. The summed E-state index contributed by atoms with van der Waals surface area (Å²) in [5.41, 5.74) is -1.66. The maximum Gasteiger partial charge on any atom is 0.323 e. The van der Waals surface area contributed by atoms with Gasteiger partial charge in [-0.3, -0.25) is 9.36 Å². The van der Waals surface area contributed by atoms with Crippen molar-refractivity contribution in [3.63, 3.8) is 0 Å². The van der Waals surface area contributed by atoms with Gasteiger partial charge >= 0.3 is 12.6 Å².